The predicted molar refractivity (Wildman–Crippen MR) is 87.2 cm³/mol. The zero-order valence-corrected chi connectivity index (χ0v) is 12.8. The molecule has 0 fully saturated rings. The van der Waals surface area contributed by atoms with E-state index in [0.29, 0.717) is 29.1 Å². The Bertz CT molecular complexity index is 982. The number of Topliss-reactive ketones (excluding diaryl/α,β-unsaturated/α-hetero) is 1. The molecule has 0 spiro atoms. The number of carbonyl (C=O) groups is 1. The van der Waals surface area contributed by atoms with E-state index in [1.807, 2.05) is 12.1 Å². The first-order chi connectivity index (χ1) is 11.7. The summed E-state index contributed by atoms with van der Waals surface area (Å²) >= 11 is 0. The van der Waals surface area contributed by atoms with Gasteiger partial charge in [0.25, 0.3) is 0 Å². The van der Waals surface area contributed by atoms with Crippen molar-refractivity contribution in [1.82, 2.24) is 10.1 Å². The minimum absolute atomic E-state index is 0.157. The van der Waals surface area contributed by atoms with Crippen molar-refractivity contribution in [3.8, 4) is 28.8 Å². The summed E-state index contributed by atoms with van der Waals surface area (Å²) in [6.07, 6.45) is 2.24. The molecule has 1 aliphatic carbocycles. The van der Waals surface area contributed by atoms with Gasteiger partial charge in [0.2, 0.25) is 0 Å². The summed E-state index contributed by atoms with van der Waals surface area (Å²) < 4.78 is 5.40. The highest BCUT2D eigenvalue weighted by Crippen LogP contribution is 2.28. The van der Waals surface area contributed by atoms with Crippen LogP contribution in [0.1, 0.15) is 34.5 Å². The molecule has 1 aromatic carbocycles. The van der Waals surface area contributed by atoms with Crippen molar-refractivity contribution in [3.05, 3.63) is 59.3 Å². The molecule has 5 nitrogen and oxygen atoms in total. The summed E-state index contributed by atoms with van der Waals surface area (Å²) in [4.78, 5) is 16.5. The van der Waals surface area contributed by atoms with Crippen LogP contribution in [0, 0.1) is 11.3 Å². The number of fused-ring (bicyclic) bond motifs is 1. The van der Waals surface area contributed by atoms with Crippen molar-refractivity contribution < 1.29 is 9.32 Å². The van der Waals surface area contributed by atoms with Crippen molar-refractivity contribution in [2.45, 2.75) is 19.3 Å². The van der Waals surface area contributed by atoms with Gasteiger partial charge in [-0.2, -0.15) is 5.26 Å². The highest BCUT2D eigenvalue weighted by atomic mass is 16.5. The Balaban J connectivity index is 1.70. The average molecular weight is 315 g/mol. The van der Waals surface area contributed by atoms with Gasteiger partial charge in [-0.25, -0.2) is 0 Å². The van der Waals surface area contributed by atoms with Gasteiger partial charge in [-0.15, -0.1) is 0 Å². The molecule has 2 aromatic heterocycles. The summed E-state index contributed by atoms with van der Waals surface area (Å²) in [6, 6.07) is 14.7. The average Bonchev–Trinajstić information content (AvgIpc) is 3.12. The highest BCUT2D eigenvalue weighted by Gasteiger charge is 2.19. The van der Waals surface area contributed by atoms with Gasteiger partial charge in [0, 0.05) is 23.6 Å². The molecule has 1 aliphatic rings. The third kappa shape index (κ3) is 2.48. The minimum atomic E-state index is 0.157. The van der Waals surface area contributed by atoms with E-state index in [-0.39, 0.29) is 5.78 Å². The predicted octanol–water partition coefficient (Wildman–Crippen LogP) is 3.79. The van der Waals surface area contributed by atoms with Crippen molar-refractivity contribution in [1.29, 1.82) is 5.26 Å². The molecule has 116 valence electrons. The first-order valence-corrected chi connectivity index (χ1v) is 7.75. The number of pyridine rings is 1. The van der Waals surface area contributed by atoms with Gasteiger partial charge in [-0.1, -0.05) is 17.3 Å². The summed E-state index contributed by atoms with van der Waals surface area (Å²) in [7, 11) is 0. The zero-order chi connectivity index (χ0) is 16.5. The second-order valence-corrected chi connectivity index (χ2v) is 5.74. The van der Waals surface area contributed by atoms with E-state index in [9.17, 15) is 4.79 Å². The molecule has 0 unspecified atom stereocenters. The standard InChI is InChI=1S/C19H13N3O2/c20-11-12-3-1-4-13(9-12)19-10-17(22-24-19)16-8-7-14-15(21-16)5-2-6-18(14)23/h1,3-4,7-10H,2,5-6H2. The number of hydrogen-bond donors (Lipinski definition) is 0. The molecule has 0 saturated carbocycles. The quantitative estimate of drug-likeness (QED) is 0.718. The normalized spacial score (nSPS) is 13.4. The number of rotatable bonds is 2. The molecule has 0 saturated heterocycles. The number of carbonyl (C=O) groups excluding carboxylic acids is 1. The molecule has 4 rings (SSSR count). The van der Waals surface area contributed by atoms with Crippen LogP contribution in [0.15, 0.2) is 47.0 Å². The van der Waals surface area contributed by atoms with Gasteiger partial charge >= 0.3 is 0 Å². The van der Waals surface area contributed by atoms with Crippen molar-refractivity contribution >= 4 is 5.78 Å². The molecule has 3 aromatic rings. The van der Waals surface area contributed by atoms with E-state index in [1.54, 1.807) is 30.3 Å². The summed E-state index contributed by atoms with van der Waals surface area (Å²) in [5.41, 5.74) is 4.22. The lowest BCUT2D eigenvalue weighted by Crippen LogP contribution is -2.12. The van der Waals surface area contributed by atoms with Crippen LogP contribution in [-0.4, -0.2) is 15.9 Å². The fourth-order valence-corrected chi connectivity index (χ4v) is 2.91. The Hall–Kier alpha value is -3.26. The van der Waals surface area contributed by atoms with E-state index in [1.165, 1.54) is 0 Å². The van der Waals surface area contributed by atoms with Gasteiger partial charge in [-0.3, -0.25) is 9.78 Å². The lowest BCUT2D eigenvalue weighted by molar-refractivity contribution is 0.0971. The number of hydrogen-bond acceptors (Lipinski definition) is 5. The van der Waals surface area contributed by atoms with E-state index in [0.717, 1.165) is 29.7 Å². The van der Waals surface area contributed by atoms with Crippen LogP contribution < -0.4 is 0 Å². The van der Waals surface area contributed by atoms with Gasteiger partial charge < -0.3 is 4.52 Å². The van der Waals surface area contributed by atoms with Gasteiger partial charge in [0.15, 0.2) is 11.5 Å². The van der Waals surface area contributed by atoms with Crippen molar-refractivity contribution in [2.75, 3.05) is 0 Å². The zero-order valence-electron chi connectivity index (χ0n) is 12.8. The van der Waals surface area contributed by atoms with E-state index in [2.05, 4.69) is 16.2 Å². The second kappa shape index (κ2) is 5.74. The fraction of sp³-hybridized carbons (Fsp3) is 0.158. The second-order valence-electron chi connectivity index (χ2n) is 5.74. The summed E-state index contributed by atoms with van der Waals surface area (Å²) in [5.74, 6) is 0.738. The maximum Gasteiger partial charge on any atom is 0.167 e. The fourth-order valence-electron chi connectivity index (χ4n) is 2.91. The molecule has 0 bridgehead atoms. The van der Waals surface area contributed by atoms with Crippen LogP contribution in [0.4, 0.5) is 0 Å². The molecule has 0 N–H and O–H groups in total. The maximum atomic E-state index is 11.9. The number of nitrogens with zero attached hydrogens (tertiary/aromatic N) is 3. The van der Waals surface area contributed by atoms with E-state index >= 15 is 0 Å². The van der Waals surface area contributed by atoms with Crippen molar-refractivity contribution in [3.63, 3.8) is 0 Å². The van der Waals surface area contributed by atoms with Crippen LogP contribution in [-0.2, 0) is 6.42 Å². The molecule has 2 heterocycles. The Morgan fingerprint density at radius 3 is 2.88 bits per heavy atom. The number of benzene rings is 1. The summed E-state index contributed by atoms with van der Waals surface area (Å²) in [6.45, 7) is 0. The van der Waals surface area contributed by atoms with Crippen molar-refractivity contribution in [2.24, 2.45) is 0 Å². The molecule has 0 amide bonds. The first-order valence-electron chi connectivity index (χ1n) is 7.75. The van der Waals surface area contributed by atoms with Crippen LogP contribution in [0.5, 0.6) is 0 Å². The van der Waals surface area contributed by atoms with Crippen LogP contribution in [0.3, 0.4) is 0 Å². The minimum Gasteiger partial charge on any atom is -0.356 e. The van der Waals surface area contributed by atoms with E-state index in [4.69, 9.17) is 9.78 Å². The third-order valence-corrected chi connectivity index (χ3v) is 4.14. The number of aromatic nitrogens is 2. The molecule has 0 aliphatic heterocycles. The van der Waals surface area contributed by atoms with Gasteiger partial charge in [0.1, 0.15) is 5.69 Å². The lowest BCUT2D eigenvalue weighted by Gasteiger charge is -2.13. The number of aryl methyl sites for hydroxylation is 1. The Morgan fingerprint density at radius 2 is 2.00 bits per heavy atom. The molecular weight excluding hydrogens is 302 g/mol. The lowest BCUT2D eigenvalue weighted by atomic mass is 9.94. The third-order valence-electron chi connectivity index (χ3n) is 4.14. The summed E-state index contributed by atoms with van der Waals surface area (Å²) in [5, 5.41) is 13.1. The van der Waals surface area contributed by atoms with Gasteiger partial charge in [0.05, 0.1) is 23.0 Å². The maximum absolute atomic E-state index is 11.9. The topological polar surface area (TPSA) is 79.8 Å². The first kappa shape index (κ1) is 14.3. The van der Waals surface area contributed by atoms with E-state index < -0.39 is 0 Å². The Morgan fingerprint density at radius 1 is 1.08 bits per heavy atom. The molecular formula is C19H13N3O2. The molecule has 24 heavy (non-hydrogen) atoms. The smallest absolute Gasteiger partial charge is 0.167 e. The number of ketones is 1. The van der Waals surface area contributed by atoms with Crippen LogP contribution in [0.2, 0.25) is 0 Å². The Kier molecular flexibility index (Phi) is 3.43. The largest absolute Gasteiger partial charge is 0.356 e. The monoisotopic (exact) mass is 315 g/mol. The van der Waals surface area contributed by atoms with Gasteiger partial charge in [-0.05, 0) is 37.1 Å². The molecule has 0 radical (unpaired) electrons. The highest BCUT2D eigenvalue weighted by molar-refractivity contribution is 5.98. The molecule has 0 atom stereocenters. The Labute approximate surface area is 138 Å². The SMILES string of the molecule is N#Cc1cccc(-c2cc(-c3ccc4c(n3)CCCC4=O)no2)c1. The van der Waals surface area contributed by atoms with Crippen LogP contribution in [0.25, 0.3) is 22.7 Å². The van der Waals surface area contributed by atoms with Crippen LogP contribution >= 0.6 is 0 Å². The number of nitriles is 1. The molecule has 5 heteroatoms.